The van der Waals surface area contributed by atoms with Crippen LogP contribution in [0, 0.1) is 0 Å². The predicted molar refractivity (Wildman–Crippen MR) is 69.0 cm³/mol. The van der Waals surface area contributed by atoms with Gasteiger partial charge < -0.3 is 10.1 Å². The number of halogens is 1. The van der Waals surface area contributed by atoms with Gasteiger partial charge in [-0.25, -0.2) is 0 Å². The molecule has 0 amide bonds. The van der Waals surface area contributed by atoms with Gasteiger partial charge in [-0.1, -0.05) is 35.0 Å². The summed E-state index contributed by atoms with van der Waals surface area (Å²) in [6, 6.07) is 7.32. The number of aromatic nitrogens is 2. The van der Waals surface area contributed by atoms with Crippen LogP contribution in [0.4, 0.5) is 0 Å². The van der Waals surface area contributed by atoms with Crippen molar-refractivity contribution in [3.63, 3.8) is 0 Å². The lowest BCUT2D eigenvalue weighted by Crippen LogP contribution is -2.14. The first kappa shape index (κ1) is 11.9. The van der Waals surface area contributed by atoms with Crippen molar-refractivity contribution in [2.75, 3.05) is 0 Å². The molecule has 17 heavy (non-hydrogen) atoms. The molecule has 5 heteroatoms. The Bertz CT molecular complexity index is 590. The van der Waals surface area contributed by atoms with E-state index in [2.05, 4.69) is 25.9 Å². The van der Waals surface area contributed by atoms with Gasteiger partial charge in [0.2, 0.25) is 5.88 Å². The molecule has 2 N–H and O–H groups in total. The first-order chi connectivity index (χ1) is 8.11. The van der Waals surface area contributed by atoms with Gasteiger partial charge in [0.1, 0.15) is 5.82 Å². The van der Waals surface area contributed by atoms with E-state index in [4.69, 9.17) is 0 Å². The highest BCUT2D eigenvalue weighted by atomic mass is 79.9. The van der Waals surface area contributed by atoms with Crippen LogP contribution in [-0.4, -0.2) is 15.1 Å². The zero-order chi connectivity index (χ0) is 12.4. The largest absolute Gasteiger partial charge is 0.493 e. The fourth-order valence-corrected chi connectivity index (χ4v) is 1.81. The van der Waals surface area contributed by atoms with Crippen LogP contribution in [0.3, 0.4) is 0 Å². The molecule has 0 unspecified atom stereocenters. The van der Waals surface area contributed by atoms with Crippen molar-refractivity contribution in [3.05, 3.63) is 44.7 Å². The molecule has 0 saturated carbocycles. The smallest absolute Gasteiger partial charge is 0.258 e. The molecule has 0 spiro atoms. The molecule has 1 aromatic heterocycles. The van der Waals surface area contributed by atoms with Gasteiger partial charge in [-0.05, 0) is 18.6 Å². The van der Waals surface area contributed by atoms with Gasteiger partial charge in [-0.15, -0.1) is 0 Å². The second-order valence-electron chi connectivity index (χ2n) is 3.58. The molecule has 0 aliphatic heterocycles. The van der Waals surface area contributed by atoms with Crippen LogP contribution >= 0.6 is 15.9 Å². The van der Waals surface area contributed by atoms with E-state index in [1.54, 1.807) is 6.92 Å². The number of aromatic amines is 1. The van der Waals surface area contributed by atoms with E-state index in [1.165, 1.54) is 0 Å². The minimum Gasteiger partial charge on any atom is -0.493 e. The fourth-order valence-electron chi connectivity index (χ4n) is 1.55. The Labute approximate surface area is 106 Å². The molecule has 0 bridgehead atoms. The fraction of sp³-hybridized carbons (Fsp3) is 0.167. The van der Waals surface area contributed by atoms with Gasteiger partial charge in [0.15, 0.2) is 0 Å². The molecule has 0 aliphatic carbocycles. The first-order valence-corrected chi connectivity index (χ1v) is 5.99. The highest BCUT2D eigenvalue weighted by Crippen LogP contribution is 2.20. The van der Waals surface area contributed by atoms with Crippen molar-refractivity contribution in [2.45, 2.75) is 13.3 Å². The normalized spacial score (nSPS) is 10.5. The van der Waals surface area contributed by atoms with Crippen LogP contribution in [0.25, 0.3) is 11.4 Å². The number of aromatic hydroxyl groups is 1. The Morgan fingerprint density at radius 1 is 1.35 bits per heavy atom. The predicted octanol–water partition coefficient (Wildman–Crippen LogP) is 2.47. The molecular formula is C12H11BrN2O2. The molecule has 0 radical (unpaired) electrons. The van der Waals surface area contributed by atoms with E-state index in [9.17, 15) is 9.90 Å². The van der Waals surface area contributed by atoms with E-state index in [-0.39, 0.29) is 11.4 Å². The van der Waals surface area contributed by atoms with Crippen LogP contribution in [-0.2, 0) is 6.42 Å². The Morgan fingerprint density at radius 2 is 2.00 bits per heavy atom. The lowest BCUT2D eigenvalue weighted by atomic mass is 10.2. The Kier molecular flexibility index (Phi) is 3.28. The van der Waals surface area contributed by atoms with E-state index in [0.29, 0.717) is 17.8 Å². The minimum absolute atomic E-state index is 0.200. The molecule has 0 fully saturated rings. The lowest BCUT2D eigenvalue weighted by Gasteiger charge is -2.04. The third-order valence-corrected chi connectivity index (χ3v) is 2.99. The summed E-state index contributed by atoms with van der Waals surface area (Å²) in [5.41, 5.74) is 0.770. The maximum absolute atomic E-state index is 11.7. The molecule has 4 nitrogen and oxygen atoms in total. The second-order valence-corrected chi connectivity index (χ2v) is 4.49. The van der Waals surface area contributed by atoms with Crippen molar-refractivity contribution >= 4 is 15.9 Å². The molecule has 0 atom stereocenters. The van der Waals surface area contributed by atoms with Gasteiger partial charge in [-0.3, -0.25) is 4.79 Å². The van der Waals surface area contributed by atoms with Crippen LogP contribution in [0.5, 0.6) is 5.88 Å². The number of hydrogen-bond donors (Lipinski definition) is 2. The standard InChI is InChI=1S/C12H11BrN2O2/c1-2-9-11(16)14-10(15-12(9)17)7-3-5-8(13)6-4-7/h3-6H,2H2,1H3,(H2,14,15,16,17). The molecule has 2 rings (SSSR count). The maximum atomic E-state index is 11.7. The zero-order valence-electron chi connectivity index (χ0n) is 9.20. The summed E-state index contributed by atoms with van der Waals surface area (Å²) in [6.07, 6.45) is 0.453. The van der Waals surface area contributed by atoms with Gasteiger partial charge in [0.25, 0.3) is 5.56 Å². The number of hydrogen-bond acceptors (Lipinski definition) is 3. The third kappa shape index (κ3) is 2.39. The molecule has 0 aliphatic rings. The average molecular weight is 295 g/mol. The molecule has 1 aromatic carbocycles. The summed E-state index contributed by atoms with van der Waals surface area (Å²) in [5, 5.41) is 9.65. The summed E-state index contributed by atoms with van der Waals surface area (Å²) in [4.78, 5) is 18.3. The van der Waals surface area contributed by atoms with Crippen LogP contribution in [0.2, 0.25) is 0 Å². The zero-order valence-corrected chi connectivity index (χ0v) is 10.8. The topological polar surface area (TPSA) is 66.0 Å². The van der Waals surface area contributed by atoms with Crippen molar-refractivity contribution in [1.29, 1.82) is 0 Å². The Hall–Kier alpha value is -1.62. The van der Waals surface area contributed by atoms with Gasteiger partial charge in [-0.2, -0.15) is 4.98 Å². The van der Waals surface area contributed by atoms with E-state index >= 15 is 0 Å². The van der Waals surface area contributed by atoms with Crippen LogP contribution in [0.1, 0.15) is 12.5 Å². The summed E-state index contributed by atoms with van der Waals surface area (Å²) < 4.78 is 0.943. The summed E-state index contributed by atoms with van der Waals surface area (Å²) >= 11 is 3.33. The molecule has 2 aromatic rings. The Morgan fingerprint density at radius 3 is 2.53 bits per heavy atom. The van der Waals surface area contributed by atoms with E-state index < -0.39 is 0 Å². The number of benzene rings is 1. The highest BCUT2D eigenvalue weighted by Gasteiger charge is 2.09. The summed E-state index contributed by atoms with van der Waals surface area (Å²) in [5.74, 6) is 0.173. The molecule has 1 heterocycles. The van der Waals surface area contributed by atoms with Gasteiger partial charge >= 0.3 is 0 Å². The van der Waals surface area contributed by atoms with E-state index in [1.807, 2.05) is 24.3 Å². The van der Waals surface area contributed by atoms with Crippen molar-refractivity contribution in [3.8, 4) is 17.3 Å². The molecule has 0 saturated heterocycles. The van der Waals surface area contributed by atoms with Crippen molar-refractivity contribution < 1.29 is 5.11 Å². The lowest BCUT2D eigenvalue weighted by molar-refractivity contribution is 0.444. The van der Waals surface area contributed by atoms with Crippen molar-refractivity contribution in [1.82, 2.24) is 9.97 Å². The number of H-pyrrole nitrogens is 1. The van der Waals surface area contributed by atoms with E-state index in [0.717, 1.165) is 10.0 Å². The number of nitrogens with one attached hydrogen (secondary N) is 1. The average Bonchev–Trinajstić information content (AvgIpc) is 2.29. The van der Waals surface area contributed by atoms with Crippen LogP contribution < -0.4 is 5.56 Å². The summed E-state index contributed by atoms with van der Waals surface area (Å²) in [7, 11) is 0. The maximum Gasteiger partial charge on any atom is 0.258 e. The second kappa shape index (κ2) is 4.71. The minimum atomic E-state index is -0.294. The van der Waals surface area contributed by atoms with Gasteiger partial charge in [0, 0.05) is 10.0 Å². The SMILES string of the molecule is CCc1c(O)nc(-c2ccc(Br)cc2)[nH]c1=O. The highest BCUT2D eigenvalue weighted by molar-refractivity contribution is 9.10. The number of rotatable bonds is 2. The quantitative estimate of drug-likeness (QED) is 0.894. The van der Waals surface area contributed by atoms with Gasteiger partial charge in [0.05, 0.1) is 5.56 Å². The number of nitrogens with zero attached hydrogens (tertiary/aromatic N) is 1. The first-order valence-electron chi connectivity index (χ1n) is 5.20. The molecular weight excluding hydrogens is 284 g/mol. The summed E-state index contributed by atoms with van der Waals surface area (Å²) in [6.45, 7) is 1.80. The third-order valence-electron chi connectivity index (χ3n) is 2.46. The van der Waals surface area contributed by atoms with Crippen molar-refractivity contribution in [2.24, 2.45) is 0 Å². The monoisotopic (exact) mass is 294 g/mol. The molecule has 88 valence electrons. The Balaban J connectivity index is 2.54. The van der Waals surface area contributed by atoms with Crippen LogP contribution in [0.15, 0.2) is 33.5 Å².